The molecule has 9 heavy (non-hydrogen) atoms. The molecule has 0 unspecified atom stereocenters. The average molecular weight is 126 g/mol. The zero-order chi connectivity index (χ0) is 7.28. The Hall–Kier alpha value is -1.50. The lowest BCUT2D eigenvalue weighted by molar-refractivity contribution is -0.132. The Morgan fingerprint density at radius 3 is 2.56 bits per heavy atom. The van der Waals surface area contributed by atoms with Crippen LogP contribution in [0.1, 0.15) is 0 Å². The van der Waals surface area contributed by atoms with Gasteiger partial charge in [0, 0.05) is 13.2 Å². The first-order valence-corrected chi connectivity index (χ1v) is 2.23. The van der Waals surface area contributed by atoms with Crippen molar-refractivity contribution < 1.29 is 9.90 Å². The van der Waals surface area contributed by atoms with Gasteiger partial charge < -0.3 is 10.4 Å². The molecule has 0 aromatic heterocycles. The topological polar surface area (TPSA) is 73.1 Å². The van der Waals surface area contributed by atoms with Crippen LogP contribution in [0.15, 0.2) is 11.8 Å². The predicted octanol–water partition coefficient (Wildman–Crippen LogP) is -0.302. The van der Waals surface area contributed by atoms with Crippen LogP contribution >= 0.6 is 0 Å². The van der Waals surface area contributed by atoms with E-state index in [1.165, 1.54) is 13.1 Å². The Labute approximate surface area is 52.4 Å². The van der Waals surface area contributed by atoms with Crippen molar-refractivity contribution in [2.75, 3.05) is 7.05 Å². The van der Waals surface area contributed by atoms with Gasteiger partial charge >= 0.3 is 5.97 Å². The summed E-state index contributed by atoms with van der Waals surface area (Å²) in [6.07, 6.45) is 1.13. The van der Waals surface area contributed by atoms with E-state index in [2.05, 4.69) is 5.32 Å². The Bertz CT molecular complexity index is 178. The standard InChI is InChI=1S/C5H6N2O2/c1-7-3-4(2-6)5(8)9/h3,7H,1H3,(H,8,9)/b4-3+. The van der Waals surface area contributed by atoms with Gasteiger partial charge in [-0.2, -0.15) is 5.26 Å². The number of carboxylic acids is 1. The first kappa shape index (κ1) is 7.50. The van der Waals surface area contributed by atoms with Gasteiger partial charge in [0.2, 0.25) is 0 Å². The second kappa shape index (κ2) is 3.50. The van der Waals surface area contributed by atoms with E-state index >= 15 is 0 Å². The molecule has 2 N–H and O–H groups in total. The quantitative estimate of drug-likeness (QED) is 0.393. The number of nitrogens with one attached hydrogen (secondary N) is 1. The number of hydrogen-bond acceptors (Lipinski definition) is 3. The van der Waals surface area contributed by atoms with E-state index in [1.807, 2.05) is 0 Å². The number of nitrogens with zero attached hydrogens (tertiary/aromatic N) is 1. The molecule has 0 bridgehead atoms. The molecule has 0 spiro atoms. The van der Waals surface area contributed by atoms with Gasteiger partial charge in [-0.1, -0.05) is 0 Å². The Morgan fingerprint density at radius 1 is 1.89 bits per heavy atom. The van der Waals surface area contributed by atoms with Gasteiger partial charge in [0.15, 0.2) is 5.57 Å². The van der Waals surface area contributed by atoms with E-state index in [9.17, 15) is 4.79 Å². The maximum absolute atomic E-state index is 9.99. The highest BCUT2D eigenvalue weighted by atomic mass is 16.4. The van der Waals surface area contributed by atoms with Crippen LogP contribution in [0.2, 0.25) is 0 Å². The number of carboxylic acid groups (broad SMARTS) is 1. The van der Waals surface area contributed by atoms with Crippen molar-refractivity contribution in [2.24, 2.45) is 0 Å². The minimum Gasteiger partial charge on any atom is -0.477 e. The van der Waals surface area contributed by atoms with Crippen molar-refractivity contribution in [3.63, 3.8) is 0 Å². The number of aliphatic carboxylic acids is 1. The fourth-order valence-electron chi connectivity index (χ4n) is 0.286. The molecule has 0 aromatic carbocycles. The van der Waals surface area contributed by atoms with E-state index in [0.29, 0.717) is 0 Å². The Kier molecular flexibility index (Phi) is 2.91. The van der Waals surface area contributed by atoms with Gasteiger partial charge in [0.1, 0.15) is 6.07 Å². The van der Waals surface area contributed by atoms with Crippen LogP contribution in [0.25, 0.3) is 0 Å². The summed E-state index contributed by atoms with van der Waals surface area (Å²) in [6.45, 7) is 0. The first-order chi connectivity index (χ1) is 4.22. The average Bonchev–Trinajstić information content (AvgIpc) is 1.82. The summed E-state index contributed by atoms with van der Waals surface area (Å²) in [5.41, 5.74) is -0.294. The van der Waals surface area contributed by atoms with E-state index < -0.39 is 5.97 Å². The number of nitriles is 1. The molecule has 0 amide bonds. The summed E-state index contributed by atoms with van der Waals surface area (Å²) in [5.74, 6) is -1.22. The highest BCUT2D eigenvalue weighted by Crippen LogP contribution is 1.86. The molecule has 0 saturated heterocycles. The molecule has 4 heteroatoms. The Balaban J connectivity index is 4.20. The number of rotatable bonds is 2. The molecule has 0 fully saturated rings. The molecule has 0 aliphatic rings. The van der Waals surface area contributed by atoms with Gasteiger partial charge in [0.25, 0.3) is 0 Å². The molecule has 48 valence electrons. The smallest absolute Gasteiger partial charge is 0.347 e. The maximum Gasteiger partial charge on any atom is 0.347 e. The minimum atomic E-state index is -1.22. The van der Waals surface area contributed by atoms with Gasteiger partial charge in [-0.05, 0) is 0 Å². The van der Waals surface area contributed by atoms with Crippen LogP contribution in [-0.2, 0) is 4.79 Å². The van der Waals surface area contributed by atoms with Crippen LogP contribution in [0.3, 0.4) is 0 Å². The van der Waals surface area contributed by atoms with Crippen molar-refractivity contribution in [2.45, 2.75) is 0 Å². The SMILES string of the molecule is CN/C=C(\C#N)C(=O)O. The third-order valence-corrected chi connectivity index (χ3v) is 0.640. The van der Waals surface area contributed by atoms with Crippen molar-refractivity contribution in [1.29, 1.82) is 5.26 Å². The molecule has 0 atom stereocenters. The molecule has 0 aromatic rings. The van der Waals surface area contributed by atoms with Crippen molar-refractivity contribution in [3.05, 3.63) is 11.8 Å². The summed E-state index contributed by atoms with van der Waals surface area (Å²) < 4.78 is 0. The molecule has 0 aliphatic heterocycles. The fourth-order valence-corrected chi connectivity index (χ4v) is 0.286. The molecule has 0 heterocycles. The molecular formula is C5H6N2O2. The van der Waals surface area contributed by atoms with Gasteiger partial charge in [-0.3, -0.25) is 0 Å². The van der Waals surface area contributed by atoms with Crippen molar-refractivity contribution in [1.82, 2.24) is 5.32 Å². The summed E-state index contributed by atoms with van der Waals surface area (Å²) in [7, 11) is 1.53. The van der Waals surface area contributed by atoms with Crippen molar-refractivity contribution in [3.8, 4) is 6.07 Å². The molecule has 0 saturated carbocycles. The normalized spacial score (nSPS) is 10.0. The first-order valence-electron chi connectivity index (χ1n) is 2.23. The van der Waals surface area contributed by atoms with Gasteiger partial charge in [-0.25, -0.2) is 4.79 Å². The molecular weight excluding hydrogens is 120 g/mol. The highest BCUT2D eigenvalue weighted by Gasteiger charge is 2.02. The second-order valence-corrected chi connectivity index (χ2v) is 1.26. The van der Waals surface area contributed by atoms with Crippen LogP contribution in [0.5, 0.6) is 0 Å². The van der Waals surface area contributed by atoms with E-state index in [0.717, 1.165) is 6.20 Å². The highest BCUT2D eigenvalue weighted by molar-refractivity contribution is 5.90. The lowest BCUT2D eigenvalue weighted by atomic mass is 10.3. The molecule has 0 aliphatic carbocycles. The summed E-state index contributed by atoms with van der Waals surface area (Å²) in [4.78, 5) is 9.99. The number of hydrogen-bond donors (Lipinski definition) is 2. The van der Waals surface area contributed by atoms with E-state index in [4.69, 9.17) is 10.4 Å². The lowest BCUT2D eigenvalue weighted by Gasteiger charge is -1.86. The molecule has 4 nitrogen and oxygen atoms in total. The second-order valence-electron chi connectivity index (χ2n) is 1.26. The summed E-state index contributed by atoms with van der Waals surface area (Å²) in [6, 6.07) is 1.50. The predicted molar refractivity (Wildman–Crippen MR) is 30.4 cm³/mol. The van der Waals surface area contributed by atoms with Crippen LogP contribution in [0.4, 0.5) is 0 Å². The third kappa shape index (κ3) is 2.34. The lowest BCUT2D eigenvalue weighted by Crippen LogP contribution is -2.03. The van der Waals surface area contributed by atoms with E-state index in [-0.39, 0.29) is 5.57 Å². The zero-order valence-corrected chi connectivity index (χ0v) is 4.88. The maximum atomic E-state index is 9.99. The van der Waals surface area contributed by atoms with Crippen LogP contribution in [-0.4, -0.2) is 18.1 Å². The Morgan fingerprint density at radius 2 is 2.44 bits per heavy atom. The van der Waals surface area contributed by atoms with Gasteiger partial charge in [0.05, 0.1) is 0 Å². The van der Waals surface area contributed by atoms with Crippen LogP contribution < -0.4 is 5.32 Å². The molecule has 0 rings (SSSR count). The zero-order valence-electron chi connectivity index (χ0n) is 4.88. The van der Waals surface area contributed by atoms with Crippen LogP contribution in [0, 0.1) is 11.3 Å². The van der Waals surface area contributed by atoms with Gasteiger partial charge in [-0.15, -0.1) is 0 Å². The molecule has 0 radical (unpaired) electrons. The summed E-state index contributed by atoms with van der Waals surface area (Å²) in [5, 5.41) is 18.7. The minimum absolute atomic E-state index is 0.294. The largest absolute Gasteiger partial charge is 0.477 e. The van der Waals surface area contributed by atoms with Crippen molar-refractivity contribution >= 4 is 5.97 Å². The fraction of sp³-hybridized carbons (Fsp3) is 0.200. The van der Waals surface area contributed by atoms with E-state index in [1.54, 1.807) is 0 Å². The third-order valence-electron chi connectivity index (χ3n) is 0.640. The number of carbonyl (C=O) groups is 1. The summed E-state index contributed by atoms with van der Waals surface area (Å²) >= 11 is 0. The monoisotopic (exact) mass is 126 g/mol.